The molecule has 18 heavy (non-hydrogen) atoms. The zero-order valence-corrected chi connectivity index (χ0v) is 9.33. The molecule has 0 saturated carbocycles. The van der Waals surface area contributed by atoms with Gasteiger partial charge in [0, 0.05) is 12.7 Å². The maximum atomic E-state index is 12.4. The van der Waals surface area contributed by atoms with Crippen molar-refractivity contribution >= 4 is 5.91 Å². The lowest BCUT2D eigenvalue weighted by Crippen LogP contribution is -2.34. The zero-order valence-electron chi connectivity index (χ0n) is 9.33. The van der Waals surface area contributed by atoms with Gasteiger partial charge in [-0.3, -0.25) is 9.59 Å². The van der Waals surface area contributed by atoms with Crippen LogP contribution in [0, 0.1) is 0 Å². The van der Waals surface area contributed by atoms with E-state index in [2.05, 4.69) is 11.9 Å². The molecule has 0 fully saturated rings. The second kappa shape index (κ2) is 5.52. The van der Waals surface area contributed by atoms with Gasteiger partial charge in [0.05, 0.1) is 0 Å². The molecule has 0 spiro atoms. The fourth-order valence-electron chi connectivity index (χ4n) is 1.27. The van der Waals surface area contributed by atoms with Crippen LogP contribution in [0.25, 0.3) is 0 Å². The summed E-state index contributed by atoms with van der Waals surface area (Å²) in [6, 6.07) is 1.76. The van der Waals surface area contributed by atoms with Crippen molar-refractivity contribution in [3.63, 3.8) is 0 Å². The first-order valence-corrected chi connectivity index (χ1v) is 5.00. The minimum atomic E-state index is -4.72. The summed E-state index contributed by atoms with van der Waals surface area (Å²) in [6.07, 6.45) is -2.17. The van der Waals surface area contributed by atoms with Gasteiger partial charge in [-0.2, -0.15) is 13.2 Å². The lowest BCUT2D eigenvalue weighted by molar-refractivity contribution is -0.139. The average molecular weight is 260 g/mol. The molecule has 0 aromatic carbocycles. The van der Waals surface area contributed by atoms with Gasteiger partial charge in [-0.15, -0.1) is 6.58 Å². The van der Waals surface area contributed by atoms with Crippen molar-refractivity contribution in [3.05, 3.63) is 46.9 Å². The average Bonchev–Trinajstić information content (AvgIpc) is 2.27. The molecular formula is C11H11F3N2O2. The van der Waals surface area contributed by atoms with Crippen LogP contribution in [0.4, 0.5) is 13.2 Å². The molecule has 1 rings (SSSR count). The summed E-state index contributed by atoms with van der Waals surface area (Å²) in [6.45, 7) is 3.10. The standard InChI is InChI=1S/C11H11F3N2O2/c1-2-5-15-9(17)7-16-6-3-4-8(10(16)18)11(12,13)14/h2-4,6H,1,5,7H2,(H,15,17). The van der Waals surface area contributed by atoms with Crippen molar-refractivity contribution in [2.45, 2.75) is 12.7 Å². The van der Waals surface area contributed by atoms with Crippen LogP contribution in [0.1, 0.15) is 5.56 Å². The van der Waals surface area contributed by atoms with Crippen molar-refractivity contribution < 1.29 is 18.0 Å². The third-order valence-corrected chi connectivity index (χ3v) is 2.08. The Morgan fingerprint density at radius 3 is 2.72 bits per heavy atom. The number of alkyl halides is 3. The molecule has 0 aliphatic carbocycles. The van der Waals surface area contributed by atoms with E-state index in [1.807, 2.05) is 0 Å². The summed E-state index contributed by atoms with van der Waals surface area (Å²) in [7, 11) is 0. The number of nitrogens with one attached hydrogen (secondary N) is 1. The molecule has 4 nitrogen and oxygen atoms in total. The molecule has 1 heterocycles. The SMILES string of the molecule is C=CCNC(=O)Cn1cccc(C(F)(F)F)c1=O. The monoisotopic (exact) mass is 260 g/mol. The molecule has 0 saturated heterocycles. The lowest BCUT2D eigenvalue weighted by Gasteiger charge is -2.09. The lowest BCUT2D eigenvalue weighted by atomic mass is 10.2. The van der Waals surface area contributed by atoms with Crippen LogP contribution in [0.5, 0.6) is 0 Å². The molecular weight excluding hydrogens is 249 g/mol. The van der Waals surface area contributed by atoms with Crippen LogP contribution in [-0.4, -0.2) is 17.0 Å². The summed E-state index contributed by atoms with van der Waals surface area (Å²) >= 11 is 0. The van der Waals surface area contributed by atoms with Crippen molar-refractivity contribution in [2.24, 2.45) is 0 Å². The number of carbonyl (C=O) groups is 1. The minimum Gasteiger partial charge on any atom is -0.351 e. The fourth-order valence-corrected chi connectivity index (χ4v) is 1.27. The Balaban J connectivity index is 2.95. The van der Waals surface area contributed by atoms with Crippen LogP contribution in [0.2, 0.25) is 0 Å². The molecule has 0 radical (unpaired) electrons. The quantitative estimate of drug-likeness (QED) is 0.826. The minimum absolute atomic E-state index is 0.187. The molecule has 1 aromatic heterocycles. The number of rotatable bonds is 4. The van der Waals surface area contributed by atoms with Crippen LogP contribution in [-0.2, 0) is 17.5 Å². The topological polar surface area (TPSA) is 51.1 Å². The van der Waals surface area contributed by atoms with Gasteiger partial charge < -0.3 is 9.88 Å². The highest BCUT2D eigenvalue weighted by atomic mass is 19.4. The molecule has 1 aromatic rings. The molecule has 0 aliphatic heterocycles. The van der Waals surface area contributed by atoms with Gasteiger partial charge in [0.2, 0.25) is 5.91 Å². The largest absolute Gasteiger partial charge is 0.421 e. The van der Waals surface area contributed by atoms with Crippen molar-refractivity contribution in [1.82, 2.24) is 9.88 Å². The van der Waals surface area contributed by atoms with Crippen molar-refractivity contribution in [1.29, 1.82) is 0 Å². The van der Waals surface area contributed by atoms with Gasteiger partial charge in [0.1, 0.15) is 12.1 Å². The summed E-state index contributed by atoms with van der Waals surface area (Å²) in [5.41, 5.74) is -2.53. The highest BCUT2D eigenvalue weighted by Gasteiger charge is 2.34. The van der Waals surface area contributed by atoms with Crippen LogP contribution in [0.15, 0.2) is 35.8 Å². The van der Waals surface area contributed by atoms with E-state index in [1.165, 1.54) is 6.08 Å². The van der Waals surface area contributed by atoms with Gasteiger partial charge in [-0.05, 0) is 12.1 Å². The zero-order chi connectivity index (χ0) is 13.8. The first-order chi connectivity index (χ1) is 8.36. The number of nitrogens with zero attached hydrogens (tertiary/aromatic N) is 1. The van der Waals surface area contributed by atoms with Crippen LogP contribution >= 0.6 is 0 Å². The molecule has 0 bridgehead atoms. The maximum Gasteiger partial charge on any atom is 0.421 e. The van der Waals surface area contributed by atoms with Gasteiger partial charge in [0.25, 0.3) is 5.56 Å². The highest BCUT2D eigenvalue weighted by Crippen LogP contribution is 2.25. The number of hydrogen-bond acceptors (Lipinski definition) is 2. The second-order valence-corrected chi connectivity index (χ2v) is 3.45. The van der Waals surface area contributed by atoms with E-state index in [9.17, 15) is 22.8 Å². The van der Waals surface area contributed by atoms with Gasteiger partial charge in [-0.1, -0.05) is 6.08 Å². The predicted molar refractivity (Wildman–Crippen MR) is 58.9 cm³/mol. The van der Waals surface area contributed by atoms with E-state index in [4.69, 9.17) is 0 Å². The molecule has 1 N–H and O–H groups in total. The smallest absolute Gasteiger partial charge is 0.351 e. The fraction of sp³-hybridized carbons (Fsp3) is 0.273. The number of hydrogen-bond donors (Lipinski definition) is 1. The van der Waals surface area contributed by atoms with Crippen LogP contribution in [0.3, 0.4) is 0 Å². The van der Waals surface area contributed by atoms with Crippen molar-refractivity contribution in [2.75, 3.05) is 6.54 Å². The Bertz CT molecular complexity index is 506. The van der Waals surface area contributed by atoms with E-state index in [0.29, 0.717) is 10.6 Å². The Morgan fingerprint density at radius 1 is 1.50 bits per heavy atom. The first-order valence-electron chi connectivity index (χ1n) is 5.00. The van der Waals surface area contributed by atoms with Gasteiger partial charge in [-0.25, -0.2) is 0 Å². The number of halogens is 3. The van der Waals surface area contributed by atoms with E-state index in [-0.39, 0.29) is 6.54 Å². The third kappa shape index (κ3) is 3.47. The Morgan fingerprint density at radius 2 is 2.17 bits per heavy atom. The Hall–Kier alpha value is -2.05. The molecule has 98 valence electrons. The summed E-state index contributed by atoms with van der Waals surface area (Å²) in [5, 5.41) is 2.37. The van der Waals surface area contributed by atoms with E-state index in [1.54, 1.807) is 0 Å². The van der Waals surface area contributed by atoms with Gasteiger partial charge >= 0.3 is 6.18 Å². The van der Waals surface area contributed by atoms with Crippen LogP contribution < -0.4 is 10.9 Å². The second-order valence-electron chi connectivity index (χ2n) is 3.45. The number of aromatic nitrogens is 1. The first kappa shape index (κ1) is 14.0. The molecule has 0 atom stereocenters. The highest BCUT2D eigenvalue weighted by molar-refractivity contribution is 5.75. The molecule has 0 aliphatic rings. The van der Waals surface area contributed by atoms with Gasteiger partial charge in [0.15, 0.2) is 0 Å². The van der Waals surface area contributed by atoms with E-state index in [0.717, 1.165) is 12.3 Å². The molecule has 0 unspecified atom stereocenters. The summed E-state index contributed by atoms with van der Waals surface area (Å²) in [5.74, 6) is -0.559. The maximum absolute atomic E-state index is 12.4. The van der Waals surface area contributed by atoms with Crippen molar-refractivity contribution in [3.8, 4) is 0 Å². The molecule has 7 heteroatoms. The normalized spacial score (nSPS) is 11.1. The number of pyridine rings is 1. The third-order valence-electron chi connectivity index (χ3n) is 2.08. The predicted octanol–water partition coefficient (Wildman–Crippen LogP) is 1.17. The summed E-state index contributed by atoms with van der Waals surface area (Å²) < 4.78 is 38.0. The summed E-state index contributed by atoms with van der Waals surface area (Å²) in [4.78, 5) is 22.8. The molecule has 1 amide bonds. The Kier molecular flexibility index (Phi) is 4.30. The van der Waals surface area contributed by atoms with E-state index < -0.39 is 29.8 Å². The number of amides is 1. The van der Waals surface area contributed by atoms with E-state index >= 15 is 0 Å². The Labute approximate surface area is 101 Å². The number of carbonyl (C=O) groups excluding carboxylic acids is 1.